The van der Waals surface area contributed by atoms with E-state index in [2.05, 4.69) is 20.7 Å². The van der Waals surface area contributed by atoms with Crippen molar-refractivity contribution >= 4 is 48.9 Å². The van der Waals surface area contributed by atoms with E-state index in [9.17, 15) is 8.42 Å². The number of rotatable bonds is 5. The van der Waals surface area contributed by atoms with Crippen LogP contribution in [0, 0.1) is 5.92 Å². The average molecular weight is 347 g/mol. The van der Waals surface area contributed by atoms with Crippen molar-refractivity contribution in [1.29, 1.82) is 0 Å². The van der Waals surface area contributed by atoms with Crippen LogP contribution in [0.4, 0.5) is 0 Å². The number of sulfonamides is 1. The molecule has 0 amide bonds. The van der Waals surface area contributed by atoms with E-state index in [-0.39, 0.29) is 17.8 Å². The van der Waals surface area contributed by atoms with Crippen molar-refractivity contribution in [2.75, 3.05) is 5.88 Å². The van der Waals surface area contributed by atoms with Gasteiger partial charge in [-0.25, -0.2) is 13.1 Å². The lowest BCUT2D eigenvalue weighted by Crippen LogP contribution is -2.39. The summed E-state index contributed by atoms with van der Waals surface area (Å²) in [4.78, 5) is 0. The van der Waals surface area contributed by atoms with Crippen LogP contribution in [0.1, 0.15) is 13.8 Å². The number of nitrogens with one attached hydrogen (secondary N) is 1. The molecule has 1 aromatic rings. The molecule has 16 heavy (non-hydrogen) atoms. The predicted octanol–water partition coefficient (Wildman–Crippen LogP) is 3.05. The van der Waals surface area contributed by atoms with Gasteiger partial charge in [-0.05, 0) is 33.3 Å². The molecule has 1 aromatic heterocycles. The van der Waals surface area contributed by atoms with Crippen LogP contribution < -0.4 is 4.72 Å². The molecule has 1 unspecified atom stereocenters. The predicted molar refractivity (Wildman–Crippen MR) is 71.7 cm³/mol. The number of thiophene rings is 1. The van der Waals surface area contributed by atoms with Crippen LogP contribution in [0.5, 0.6) is 0 Å². The van der Waals surface area contributed by atoms with Crippen LogP contribution in [-0.2, 0) is 10.0 Å². The number of hydrogen-bond acceptors (Lipinski definition) is 3. The topological polar surface area (TPSA) is 46.2 Å². The molecule has 0 radical (unpaired) electrons. The second-order valence-electron chi connectivity index (χ2n) is 3.68. The van der Waals surface area contributed by atoms with Gasteiger partial charge in [0.25, 0.3) is 10.0 Å². The Labute approximate surface area is 113 Å². The number of hydrogen-bond donors (Lipinski definition) is 1. The van der Waals surface area contributed by atoms with Crippen molar-refractivity contribution in [2.45, 2.75) is 24.1 Å². The molecule has 0 bridgehead atoms. The van der Waals surface area contributed by atoms with Crippen LogP contribution in [0.3, 0.4) is 0 Å². The minimum absolute atomic E-state index is 0.158. The van der Waals surface area contributed by atoms with Gasteiger partial charge in [0.2, 0.25) is 0 Å². The second kappa shape index (κ2) is 5.82. The molecule has 92 valence electrons. The molecule has 1 N–H and O–H groups in total. The molecule has 0 fully saturated rings. The van der Waals surface area contributed by atoms with Crippen molar-refractivity contribution in [2.24, 2.45) is 5.92 Å². The molecule has 1 heterocycles. The Balaban J connectivity index is 2.92. The monoisotopic (exact) mass is 345 g/mol. The summed E-state index contributed by atoms with van der Waals surface area (Å²) in [7, 11) is -3.47. The molecule has 1 rings (SSSR count). The Hall–Kier alpha value is 0.380. The molecule has 0 saturated heterocycles. The summed E-state index contributed by atoms with van der Waals surface area (Å²) in [5.74, 6) is 0.422. The van der Waals surface area contributed by atoms with Crippen LogP contribution in [0.25, 0.3) is 0 Å². The quantitative estimate of drug-likeness (QED) is 0.833. The van der Waals surface area contributed by atoms with E-state index in [4.69, 9.17) is 11.6 Å². The Morgan fingerprint density at radius 3 is 2.56 bits per heavy atom. The second-order valence-corrected chi connectivity index (χ2v) is 7.67. The summed E-state index contributed by atoms with van der Waals surface area (Å²) < 4.78 is 27.5. The largest absolute Gasteiger partial charge is 0.251 e. The third-order valence-corrected chi connectivity index (χ3v) is 6.60. The number of alkyl halides is 1. The Morgan fingerprint density at radius 1 is 1.56 bits per heavy atom. The SMILES string of the molecule is CC(C)C(CCl)NS(=O)(=O)c1sccc1Br. The lowest BCUT2D eigenvalue weighted by atomic mass is 10.1. The highest BCUT2D eigenvalue weighted by Gasteiger charge is 2.24. The van der Waals surface area contributed by atoms with Gasteiger partial charge >= 0.3 is 0 Å². The molecule has 0 aliphatic rings. The zero-order chi connectivity index (χ0) is 12.3. The fourth-order valence-electron chi connectivity index (χ4n) is 1.07. The Morgan fingerprint density at radius 2 is 2.19 bits per heavy atom. The maximum atomic E-state index is 12.0. The Bertz CT molecular complexity index is 444. The minimum atomic E-state index is -3.47. The van der Waals surface area contributed by atoms with Gasteiger partial charge in [0, 0.05) is 16.4 Å². The molecule has 0 aromatic carbocycles. The molecule has 1 atom stereocenters. The van der Waals surface area contributed by atoms with Crippen LogP contribution in [-0.4, -0.2) is 20.3 Å². The maximum absolute atomic E-state index is 12.0. The maximum Gasteiger partial charge on any atom is 0.251 e. The molecular weight excluding hydrogens is 334 g/mol. The van der Waals surface area contributed by atoms with Crippen LogP contribution >= 0.6 is 38.9 Å². The zero-order valence-electron chi connectivity index (χ0n) is 8.91. The minimum Gasteiger partial charge on any atom is -0.206 e. The zero-order valence-corrected chi connectivity index (χ0v) is 12.9. The lowest BCUT2D eigenvalue weighted by Gasteiger charge is -2.19. The third kappa shape index (κ3) is 3.43. The van der Waals surface area contributed by atoms with Gasteiger partial charge in [0.1, 0.15) is 4.21 Å². The van der Waals surface area contributed by atoms with E-state index in [1.54, 1.807) is 11.4 Å². The summed E-state index contributed by atoms with van der Waals surface area (Å²) in [6.07, 6.45) is 0. The van der Waals surface area contributed by atoms with Gasteiger partial charge in [-0.2, -0.15) is 0 Å². The van der Waals surface area contributed by atoms with E-state index in [0.717, 1.165) is 0 Å². The first-order chi connectivity index (χ1) is 7.38. The Kier molecular flexibility index (Phi) is 5.25. The van der Waals surface area contributed by atoms with Crippen LogP contribution in [0.15, 0.2) is 20.1 Å². The highest BCUT2D eigenvalue weighted by Crippen LogP contribution is 2.27. The van der Waals surface area contributed by atoms with Gasteiger partial charge in [0.15, 0.2) is 0 Å². The normalized spacial score (nSPS) is 14.3. The van der Waals surface area contributed by atoms with Crippen LogP contribution in [0.2, 0.25) is 0 Å². The van der Waals surface area contributed by atoms with Gasteiger partial charge in [-0.15, -0.1) is 22.9 Å². The van der Waals surface area contributed by atoms with Crippen molar-refractivity contribution in [1.82, 2.24) is 4.72 Å². The standard InChI is InChI=1S/C9H13BrClNO2S2/c1-6(2)8(5-11)12-16(13,14)9-7(10)3-4-15-9/h3-4,6,8,12H,5H2,1-2H3. The average Bonchev–Trinajstić information content (AvgIpc) is 2.61. The summed E-state index contributed by atoms with van der Waals surface area (Å²) in [5, 5.41) is 1.73. The van der Waals surface area contributed by atoms with Crippen molar-refractivity contribution in [3.63, 3.8) is 0 Å². The van der Waals surface area contributed by atoms with E-state index in [1.807, 2.05) is 13.8 Å². The molecule has 3 nitrogen and oxygen atoms in total. The van der Waals surface area contributed by atoms with Crippen molar-refractivity contribution < 1.29 is 8.42 Å². The highest BCUT2D eigenvalue weighted by atomic mass is 79.9. The van der Waals surface area contributed by atoms with E-state index < -0.39 is 10.0 Å². The molecule has 0 aliphatic carbocycles. The van der Waals surface area contributed by atoms with Gasteiger partial charge in [0.05, 0.1) is 0 Å². The fraction of sp³-hybridized carbons (Fsp3) is 0.556. The molecule has 7 heteroatoms. The molecule has 0 spiro atoms. The van der Waals surface area contributed by atoms with E-state index >= 15 is 0 Å². The molecule has 0 saturated carbocycles. The van der Waals surface area contributed by atoms with Crippen molar-refractivity contribution in [3.05, 3.63) is 15.9 Å². The van der Waals surface area contributed by atoms with Gasteiger partial charge in [-0.3, -0.25) is 0 Å². The third-order valence-electron chi connectivity index (χ3n) is 2.11. The first-order valence-electron chi connectivity index (χ1n) is 4.69. The highest BCUT2D eigenvalue weighted by molar-refractivity contribution is 9.10. The summed E-state index contributed by atoms with van der Waals surface area (Å²) in [6.45, 7) is 3.86. The van der Waals surface area contributed by atoms with E-state index in [0.29, 0.717) is 8.68 Å². The molecule has 0 aliphatic heterocycles. The first kappa shape index (κ1) is 14.4. The van der Waals surface area contributed by atoms with Gasteiger partial charge in [-0.1, -0.05) is 13.8 Å². The summed E-state index contributed by atoms with van der Waals surface area (Å²) in [5.41, 5.74) is 0. The molecular formula is C9H13BrClNO2S2. The van der Waals surface area contributed by atoms with Crippen molar-refractivity contribution in [3.8, 4) is 0 Å². The first-order valence-corrected chi connectivity index (χ1v) is 8.38. The fourth-order valence-corrected chi connectivity index (χ4v) is 5.33. The summed E-state index contributed by atoms with van der Waals surface area (Å²) >= 11 is 10.1. The number of halogens is 2. The smallest absolute Gasteiger partial charge is 0.206 e. The van der Waals surface area contributed by atoms with Gasteiger partial charge < -0.3 is 0 Å². The lowest BCUT2D eigenvalue weighted by molar-refractivity contribution is 0.481. The van der Waals surface area contributed by atoms with E-state index in [1.165, 1.54) is 11.3 Å². The summed E-state index contributed by atoms with van der Waals surface area (Å²) in [6, 6.07) is 1.46.